The van der Waals surface area contributed by atoms with Crippen LogP contribution in [0.5, 0.6) is 11.5 Å². The molecule has 0 aliphatic rings. The van der Waals surface area contributed by atoms with E-state index in [2.05, 4.69) is 6.07 Å². The van der Waals surface area contributed by atoms with Gasteiger partial charge in [0.2, 0.25) is 0 Å². The van der Waals surface area contributed by atoms with Crippen molar-refractivity contribution in [1.29, 1.82) is 5.26 Å². The minimum absolute atomic E-state index is 0.0628. The molecule has 2 aromatic carbocycles. The Morgan fingerprint density at radius 2 is 2.04 bits per heavy atom. The third kappa shape index (κ3) is 5.18. The summed E-state index contributed by atoms with van der Waals surface area (Å²) in [5.74, 6) is -0.483. The number of allylic oxidation sites excluding steroid dienone is 1. The fraction of sp³-hybridized carbons (Fsp3) is 0.111. The molecule has 0 bridgehead atoms. The number of halogens is 1. The van der Waals surface area contributed by atoms with Gasteiger partial charge in [-0.1, -0.05) is 0 Å². The van der Waals surface area contributed by atoms with Crippen LogP contribution in [0.1, 0.15) is 11.1 Å². The van der Waals surface area contributed by atoms with Gasteiger partial charge in [-0.15, -0.1) is 0 Å². The molecule has 0 aliphatic carbocycles. The van der Waals surface area contributed by atoms with Crippen LogP contribution in [0.15, 0.2) is 36.4 Å². The van der Waals surface area contributed by atoms with E-state index < -0.39 is 17.5 Å². The summed E-state index contributed by atoms with van der Waals surface area (Å²) in [6.45, 7) is -0.506. The summed E-state index contributed by atoms with van der Waals surface area (Å²) in [5.41, 5.74) is 1.41. The number of hydrogen-bond donors (Lipinski definition) is 1. The highest BCUT2D eigenvalue weighted by molar-refractivity contribution is 14.1. The largest absolute Gasteiger partial charge is 0.493 e. The van der Waals surface area contributed by atoms with Gasteiger partial charge in [0.1, 0.15) is 0 Å². The lowest BCUT2D eigenvalue weighted by Crippen LogP contribution is -2.11. The van der Waals surface area contributed by atoms with Crippen LogP contribution in [0.4, 0.5) is 5.69 Å². The lowest BCUT2D eigenvalue weighted by Gasteiger charge is -2.12. The first-order chi connectivity index (χ1) is 12.8. The van der Waals surface area contributed by atoms with Crippen LogP contribution in [-0.4, -0.2) is 29.7 Å². The fourth-order valence-electron chi connectivity index (χ4n) is 2.21. The zero-order valence-corrected chi connectivity index (χ0v) is 16.2. The lowest BCUT2D eigenvalue weighted by atomic mass is 10.0. The van der Waals surface area contributed by atoms with Crippen LogP contribution in [-0.2, 0) is 4.79 Å². The van der Waals surface area contributed by atoms with Gasteiger partial charge in [-0.2, -0.15) is 5.26 Å². The third-order valence-electron chi connectivity index (χ3n) is 3.41. The number of methoxy groups -OCH3 is 1. The maximum Gasteiger partial charge on any atom is 0.341 e. The number of benzene rings is 2. The highest BCUT2D eigenvalue weighted by Gasteiger charge is 2.13. The monoisotopic (exact) mass is 480 g/mol. The van der Waals surface area contributed by atoms with Crippen molar-refractivity contribution in [2.75, 3.05) is 13.7 Å². The normalized spacial score (nSPS) is 10.8. The first kappa shape index (κ1) is 20.2. The van der Waals surface area contributed by atoms with E-state index in [-0.39, 0.29) is 5.69 Å². The Labute approximate surface area is 167 Å². The molecular weight excluding hydrogens is 467 g/mol. The van der Waals surface area contributed by atoms with Gasteiger partial charge in [0.25, 0.3) is 5.69 Å². The van der Waals surface area contributed by atoms with Gasteiger partial charge in [0.05, 0.1) is 27.2 Å². The number of rotatable bonds is 7. The number of aliphatic carboxylic acids is 1. The number of carboxylic acid groups (broad SMARTS) is 1. The van der Waals surface area contributed by atoms with Crippen molar-refractivity contribution in [1.82, 2.24) is 0 Å². The molecular formula is C18H13IN2O6. The number of carboxylic acids is 1. The van der Waals surface area contributed by atoms with Gasteiger partial charge in [-0.3, -0.25) is 10.1 Å². The summed E-state index contributed by atoms with van der Waals surface area (Å²) in [6.07, 6.45) is 1.60. The van der Waals surface area contributed by atoms with Crippen molar-refractivity contribution in [3.8, 4) is 17.6 Å². The van der Waals surface area contributed by atoms with Crippen LogP contribution in [0.2, 0.25) is 0 Å². The van der Waals surface area contributed by atoms with Crippen LogP contribution >= 0.6 is 22.6 Å². The summed E-state index contributed by atoms with van der Waals surface area (Å²) >= 11 is 1.98. The van der Waals surface area contributed by atoms with E-state index in [4.69, 9.17) is 14.6 Å². The molecule has 1 N–H and O–H groups in total. The predicted molar refractivity (Wildman–Crippen MR) is 105 cm³/mol. The Kier molecular flexibility index (Phi) is 6.73. The lowest BCUT2D eigenvalue weighted by molar-refractivity contribution is -0.384. The number of hydrogen-bond acceptors (Lipinski definition) is 6. The van der Waals surface area contributed by atoms with Crippen molar-refractivity contribution in [2.45, 2.75) is 0 Å². The number of carbonyl (C=O) groups is 1. The Morgan fingerprint density at radius 3 is 2.56 bits per heavy atom. The Hall–Kier alpha value is -3.13. The summed E-state index contributed by atoms with van der Waals surface area (Å²) in [5, 5.41) is 28.9. The number of ether oxygens (including phenoxy) is 2. The van der Waals surface area contributed by atoms with E-state index in [1.165, 1.54) is 31.4 Å². The number of nitrogens with zero attached hydrogens (tertiary/aromatic N) is 2. The van der Waals surface area contributed by atoms with Gasteiger partial charge in [0.15, 0.2) is 18.1 Å². The van der Waals surface area contributed by atoms with Crippen molar-refractivity contribution in [3.05, 3.63) is 61.2 Å². The van der Waals surface area contributed by atoms with Gasteiger partial charge < -0.3 is 14.6 Å². The molecule has 0 aromatic heterocycles. The van der Waals surface area contributed by atoms with E-state index >= 15 is 0 Å². The number of nitriles is 1. The standard InChI is InChI=1S/C18H13IN2O6/c1-26-16-8-11(7-15(19)18(16)27-10-17(22)23)6-13(9-20)12-2-4-14(5-3-12)21(24)25/h2-8H,10H2,1H3,(H,22,23)/b13-6+. The number of nitro groups is 1. The van der Waals surface area contributed by atoms with Crippen molar-refractivity contribution >= 4 is 45.9 Å². The molecule has 9 heteroatoms. The summed E-state index contributed by atoms with van der Waals surface area (Å²) < 4.78 is 11.1. The first-order valence-corrected chi connectivity index (χ1v) is 8.52. The molecule has 0 saturated carbocycles. The zero-order valence-electron chi connectivity index (χ0n) is 14.0. The zero-order chi connectivity index (χ0) is 20.0. The minimum Gasteiger partial charge on any atom is -0.493 e. The SMILES string of the molecule is COc1cc(/C=C(\C#N)c2ccc([N+](=O)[O-])cc2)cc(I)c1OCC(=O)O. The summed E-state index contributed by atoms with van der Waals surface area (Å²) in [6, 6.07) is 11.0. The molecule has 0 radical (unpaired) electrons. The average Bonchev–Trinajstić information content (AvgIpc) is 2.64. The predicted octanol–water partition coefficient (Wildman–Crippen LogP) is 3.74. The quantitative estimate of drug-likeness (QED) is 0.211. The van der Waals surface area contributed by atoms with Crippen LogP contribution in [0.3, 0.4) is 0 Å². The van der Waals surface area contributed by atoms with Gasteiger partial charge in [0, 0.05) is 12.1 Å². The molecule has 0 unspecified atom stereocenters. The number of nitro benzene ring substituents is 1. The average molecular weight is 480 g/mol. The van der Waals surface area contributed by atoms with Crippen molar-refractivity contribution < 1.29 is 24.3 Å². The molecule has 0 aliphatic heterocycles. The molecule has 138 valence electrons. The van der Waals surface area contributed by atoms with E-state index in [9.17, 15) is 20.2 Å². The molecule has 8 nitrogen and oxygen atoms in total. The summed E-state index contributed by atoms with van der Waals surface area (Å²) in [7, 11) is 1.42. The highest BCUT2D eigenvalue weighted by atomic mass is 127. The van der Waals surface area contributed by atoms with Crippen LogP contribution in [0, 0.1) is 25.0 Å². The Balaban J connectivity index is 2.40. The van der Waals surface area contributed by atoms with E-state index in [1.807, 2.05) is 22.6 Å². The highest BCUT2D eigenvalue weighted by Crippen LogP contribution is 2.35. The Morgan fingerprint density at radius 1 is 1.37 bits per heavy atom. The van der Waals surface area contributed by atoms with Crippen molar-refractivity contribution in [2.24, 2.45) is 0 Å². The van der Waals surface area contributed by atoms with E-state index in [0.717, 1.165) is 0 Å². The third-order valence-corrected chi connectivity index (χ3v) is 4.21. The molecule has 0 spiro atoms. The molecule has 0 amide bonds. The second-order valence-electron chi connectivity index (χ2n) is 5.19. The summed E-state index contributed by atoms with van der Waals surface area (Å²) in [4.78, 5) is 20.9. The first-order valence-electron chi connectivity index (χ1n) is 7.44. The van der Waals surface area contributed by atoms with Crippen LogP contribution < -0.4 is 9.47 Å². The molecule has 0 atom stereocenters. The molecule has 27 heavy (non-hydrogen) atoms. The fourth-order valence-corrected chi connectivity index (χ4v) is 2.99. The van der Waals surface area contributed by atoms with Crippen molar-refractivity contribution in [3.63, 3.8) is 0 Å². The maximum atomic E-state index is 10.7. The van der Waals surface area contributed by atoms with Crippen LogP contribution in [0.25, 0.3) is 11.6 Å². The van der Waals surface area contributed by atoms with Gasteiger partial charge in [-0.05, 0) is 64.1 Å². The van der Waals surface area contributed by atoms with Gasteiger partial charge >= 0.3 is 5.97 Å². The smallest absolute Gasteiger partial charge is 0.341 e. The molecule has 0 heterocycles. The molecule has 0 saturated heterocycles. The van der Waals surface area contributed by atoms with E-state index in [1.54, 1.807) is 18.2 Å². The maximum absolute atomic E-state index is 10.7. The van der Waals surface area contributed by atoms with Gasteiger partial charge in [-0.25, -0.2) is 4.79 Å². The molecule has 0 fully saturated rings. The molecule has 2 aromatic rings. The minimum atomic E-state index is -1.11. The Bertz CT molecular complexity index is 948. The topological polar surface area (TPSA) is 123 Å². The molecule has 2 rings (SSSR count). The van der Waals surface area contributed by atoms with E-state index in [0.29, 0.717) is 31.8 Å². The second-order valence-corrected chi connectivity index (χ2v) is 6.35. The second kappa shape index (κ2) is 9.00. The number of non-ortho nitro benzene ring substituents is 1.